The highest BCUT2D eigenvalue weighted by molar-refractivity contribution is 5.93. The number of nitrogens with zero attached hydrogens (tertiary/aromatic N) is 3. The monoisotopic (exact) mass is 541 g/mol. The maximum Gasteiger partial charge on any atom is 0.348 e. The van der Waals surface area contributed by atoms with E-state index >= 15 is 0 Å². The summed E-state index contributed by atoms with van der Waals surface area (Å²) in [5, 5.41) is 9.37. The number of hydrogen-bond acceptors (Lipinski definition) is 7. The molecule has 0 amide bonds. The van der Waals surface area contributed by atoms with Crippen LogP contribution in [0.2, 0.25) is 0 Å². The predicted octanol–water partition coefficient (Wildman–Crippen LogP) is 6.55. The SMILES string of the molecule is CCCCC(CC)COC(=O)C(C)=CC=CN1CCN(C=CC=C(C#N)C(=O)OCC(CC)CCCC)CC1. The summed E-state index contributed by atoms with van der Waals surface area (Å²) in [5.74, 6) is -0.0232. The third-order valence-corrected chi connectivity index (χ3v) is 7.20. The molecule has 0 aromatic carbocycles. The van der Waals surface area contributed by atoms with Crippen molar-refractivity contribution in [3.63, 3.8) is 0 Å². The number of esters is 2. The molecule has 1 saturated heterocycles. The van der Waals surface area contributed by atoms with Crippen LogP contribution in [-0.2, 0) is 19.1 Å². The molecular formula is C32H51N3O4. The van der Waals surface area contributed by atoms with Crippen LogP contribution in [0, 0.1) is 23.2 Å². The van der Waals surface area contributed by atoms with Gasteiger partial charge in [-0.25, -0.2) is 9.59 Å². The Morgan fingerprint density at radius 1 is 0.795 bits per heavy atom. The zero-order valence-corrected chi connectivity index (χ0v) is 25.0. The summed E-state index contributed by atoms with van der Waals surface area (Å²) in [6.45, 7) is 14.5. The highest BCUT2D eigenvalue weighted by atomic mass is 16.5. The third kappa shape index (κ3) is 14.6. The van der Waals surface area contributed by atoms with Gasteiger partial charge in [0.1, 0.15) is 11.6 Å². The van der Waals surface area contributed by atoms with Crippen molar-refractivity contribution in [3.05, 3.63) is 47.9 Å². The molecule has 218 valence electrons. The van der Waals surface area contributed by atoms with Gasteiger partial charge in [-0.05, 0) is 62.2 Å². The Morgan fingerprint density at radius 3 is 1.69 bits per heavy atom. The molecule has 2 atom stereocenters. The second-order valence-corrected chi connectivity index (χ2v) is 10.3. The Balaban J connectivity index is 2.45. The molecule has 39 heavy (non-hydrogen) atoms. The normalized spacial score (nSPS) is 16.4. The van der Waals surface area contributed by atoms with E-state index in [1.165, 1.54) is 12.5 Å². The van der Waals surface area contributed by atoms with Gasteiger partial charge in [0.25, 0.3) is 0 Å². The second-order valence-electron chi connectivity index (χ2n) is 10.3. The van der Waals surface area contributed by atoms with E-state index in [0.717, 1.165) is 71.1 Å². The number of ether oxygens (including phenoxy) is 2. The quantitative estimate of drug-likeness (QED) is 0.0842. The number of rotatable bonds is 18. The molecule has 0 aromatic rings. The Morgan fingerprint density at radius 2 is 1.26 bits per heavy atom. The lowest BCUT2D eigenvalue weighted by Gasteiger charge is -2.33. The molecule has 2 unspecified atom stereocenters. The van der Waals surface area contributed by atoms with Crippen molar-refractivity contribution in [2.45, 2.75) is 86.0 Å². The van der Waals surface area contributed by atoms with Gasteiger partial charge in [-0.3, -0.25) is 0 Å². The molecule has 0 bridgehead atoms. The summed E-state index contributed by atoms with van der Waals surface area (Å²) in [7, 11) is 0. The van der Waals surface area contributed by atoms with Crippen LogP contribution in [0.5, 0.6) is 0 Å². The summed E-state index contributed by atoms with van der Waals surface area (Å²) in [4.78, 5) is 28.9. The van der Waals surface area contributed by atoms with E-state index in [2.05, 4.69) is 37.5 Å². The Kier molecular flexibility index (Phi) is 18.2. The Labute approximate surface area is 237 Å². The highest BCUT2D eigenvalue weighted by Gasteiger charge is 2.15. The van der Waals surface area contributed by atoms with Crippen LogP contribution < -0.4 is 0 Å². The van der Waals surface area contributed by atoms with E-state index in [9.17, 15) is 14.9 Å². The van der Waals surface area contributed by atoms with Crippen LogP contribution in [-0.4, -0.2) is 61.1 Å². The molecule has 0 aliphatic carbocycles. The zero-order valence-electron chi connectivity index (χ0n) is 25.0. The number of piperazine rings is 1. The fourth-order valence-electron chi connectivity index (χ4n) is 4.20. The van der Waals surface area contributed by atoms with Gasteiger partial charge in [0.05, 0.1) is 13.2 Å². The molecule has 1 aliphatic rings. The van der Waals surface area contributed by atoms with Gasteiger partial charge in [-0.1, -0.05) is 72.3 Å². The van der Waals surface area contributed by atoms with Crippen molar-refractivity contribution in [2.75, 3.05) is 39.4 Å². The number of carbonyl (C=O) groups excluding carboxylic acids is 2. The maximum absolute atomic E-state index is 12.3. The van der Waals surface area contributed by atoms with Crippen LogP contribution in [0.4, 0.5) is 0 Å². The largest absolute Gasteiger partial charge is 0.462 e. The zero-order chi connectivity index (χ0) is 28.9. The lowest BCUT2D eigenvalue weighted by molar-refractivity contribution is -0.141. The summed E-state index contributed by atoms with van der Waals surface area (Å²) in [6, 6.07) is 1.96. The Bertz CT molecular complexity index is 876. The molecule has 1 rings (SSSR count). The van der Waals surface area contributed by atoms with Gasteiger partial charge < -0.3 is 19.3 Å². The maximum atomic E-state index is 12.3. The van der Waals surface area contributed by atoms with Crippen molar-refractivity contribution >= 4 is 11.9 Å². The molecule has 0 aromatic heterocycles. The minimum Gasteiger partial charge on any atom is -0.462 e. The lowest BCUT2D eigenvalue weighted by Crippen LogP contribution is -2.41. The number of allylic oxidation sites excluding steroid dienone is 4. The molecule has 1 heterocycles. The van der Waals surface area contributed by atoms with Crippen molar-refractivity contribution in [3.8, 4) is 6.07 Å². The molecule has 0 radical (unpaired) electrons. The van der Waals surface area contributed by atoms with E-state index in [1.54, 1.807) is 19.1 Å². The number of unbranched alkanes of at least 4 members (excludes halogenated alkanes) is 2. The summed E-state index contributed by atoms with van der Waals surface area (Å²) in [5.41, 5.74) is 0.618. The first-order valence-corrected chi connectivity index (χ1v) is 14.8. The second kappa shape index (κ2) is 20.9. The fraction of sp³-hybridized carbons (Fsp3) is 0.656. The molecule has 7 nitrogen and oxygen atoms in total. The van der Waals surface area contributed by atoms with Gasteiger partial charge in [0, 0.05) is 31.8 Å². The highest BCUT2D eigenvalue weighted by Crippen LogP contribution is 2.15. The van der Waals surface area contributed by atoms with Crippen molar-refractivity contribution in [1.29, 1.82) is 5.26 Å². The van der Waals surface area contributed by atoms with Crippen molar-refractivity contribution in [2.24, 2.45) is 11.8 Å². The topological polar surface area (TPSA) is 82.9 Å². The number of hydrogen-bond donors (Lipinski definition) is 0. The summed E-state index contributed by atoms with van der Waals surface area (Å²) >= 11 is 0. The predicted molar refractivity (Wildman–Crippen MR) is 157 cm³/mol. The average Bonchev–Trinajstić information content (AvgIpc) is 2.95. The Hall–Kier alpha value is -3.01. The molecule has 1 fully saturated rings. The van der Waals surface area contributed by atoms with E-state index in [0.29, 0.717) is 30.6 Å². The lowest BCUT2D eigenvalue weighted by atomic mass is 10.0. The molecule has 7 heteroatoms. The van der Waals surface area contributed by atoms with Gasteiger partial charge in [0.15, 0.2) is 0 Å². The number of nitriles is 1. The fourth-order valence-corrected chi connectivity index (χ4v) is 4.20. The first-order valence-electron chi connectivity index (χ1n) is 14.8. The van der Waals surface area contributed by atoms with Crippen LogP contribution in [0.15, 0.2) is 47.9 Å². The number of carbonyl (C=O) groups is 2. The van der Waals surface area contributed by atoms with Crippen LogP contribution in [0.1, 0.15) is 86.0 Å². The first kappa shape index (κ1) is 34.0. The van der Waals surface area contributed by atoms with Gasteiger partial charge in [-0.15, -0.1) is 0 Å². The van der Waals surface area contributed by atoms with Crippen LogP contribution >= 0.6 is 0 Å². The minimum atomic E-state index is -0.555. The van der Waals surface area contributed by atoms with Gasteiger partial charge in [-0.2, -0.15) is 5.26 Å². The minimum absolute atomic E-state index is 0.0185. The van der Waals surface area contributed by atoms with E-state index in [4.69, 9.17) is 9.47 Å². The van der Waals surface area contributed by atoms with E-state index in [1.807, 2.05) is 24.5 Å². The summed E-state index contributed by atoms with van der Waals surface area (Å²) < 4.78 is 10.9. The summed E-state index contributed by atoms with van der Waals surface area (Å²) in [6.07, 6.45) is 19.6. The van der Waals surface area contributed by atoms with E-state index < -0.39 is 5.97 Å². The molecular weight excluding hydrogens is 490 g/mol. The first-order chi connectivity index (χ1) is 18.9. The average molecular weight is 542 g/mol. The van der Waals surface area contributed by atoms with Crippen LogP contribution in [0.25, 0.3) is 0 Å². The van der Waals surface area contributed by atoms with Crippen LogP contribution in [0.3, 0.4) is 0 Å². The third-order valence-electron chi connectivity index (χ3n) is 7.20. The molecule has 0 saturated carbocycles. The standard InChI is InChI=1S/C32H51N3O4/c1-6-10-15-28(8-3)25-38-31(36)27(5)14-12-18-34-20-22-35(23-21-34)19-13-17-30(24-33)32(37)39-26-29(9-4)16-11-7-2/h12-14,17-19,28-29H,6-11,15-16,20-23,25-26H2,1-5H3. The smallest absolute Gasteiger partial charge is 0.348 e. The van der Waals surface area contributed by atoms with Gasteiger partial charge >= 0.3 is 11.9 Å². The van der Waals surface area contributed by atoms with Crippen molar-refractivity contribution in [1.82, 2.24) is 9.80 Å². The molecule has 0 N–H and O–H groups in total. The van der Waals surface area contributed by atoms with E-state index in [-0.39, 0.29) is 11.5 Å². The van der Waals surface area contributed by atoms with Gasteiger partial charge in [0.2, 0.25) is 0 Å². The molecule has 0 spiro atoms. The molecule has 1 aliphatic heterocycles. The van der Waals surface area contributed by atoms with Crippen molar-refractivity contribution < 1.29 is 19.1 Å².